The maximum absolute atomic E-state index is 11.7. The molecule has 1 amide bonds. The molecule has 0 aromatic carbocycles. The number of nitrogens with zero attached hydrogens (tertiary/aromatic N) is 1. The number of hydrogen-bond acceptors (Lipinski definition) is 5. The summed E-state index contributed by atoms with van der Waals surface area (Å²) in [6.45, 7) is 3.87. The summed E-state index contributed by atoms with van der Waals surface area (Å²) in [6.07, 6.45) is 1.77. The lowest BCUT2D eigenvalue weighted by Gasteiger charge is -2.33. The summed E-state index contributed by atoms with van der Waals surface area (Å²) in [6, 6.07) is -0.301. The lowest BCUT2D eigenvalue weighted by atomic mass is 10.2. The molecule has 102 valence electrons. The van der Waals surface area contributed by atoms with E-state index in [1.165, 1.54) is 7.11 Å². The Labute approximate surface area is 107 Å². The number of methoxy groups -OCH3 is 1. The molecule has 1 saturated heterocycles. The van der Waals surface area contributed by atoms with E-state index in [1.807, 2.05) is 4.90 Å². The molecule has 0 saturated carbocycles. The molecule has 1 atom stereocenters. The van der Waals surface area contributed by atoms with Crippen molar-refractivity contribution in [3.63, 3.8) is 0 Å². The van der Waals surface area contributed by atoms with Crippen LogP contribution in [0.5, 0.6) is 0 Å². The van der Waals surface area contributed by atoms with Gasteiger partial charge < -0.3 is 14.8 Å². The van der Waals surface area contributed by atoms with Crippen LogP contribution in [0.3, 0.4) is 0 Å². The average molecular weight is 256 g/mol. The minimum atomic E-state index is -0.347. The average Bonchev–Trinajstić information content (AvgIpc) is 2.43. The highest BCUT2D eigenvalue weighted by atomic mass is 16.5. The number of hydrogen-bond donors (Lipinski definition) is 1. The van der Waals surface area contributed by atoms with Gasteiger partial charge in [-0.05, 0) is 6.92 Å². The van der Waals surface area contributed by atoms with E-state index in [4.69, 9.17) is 4.74 Å². The van der Waals surface area contributed by atoms with Crippen molar-refractivity contribution in [2.24, 2.45) is 0 Å². The van der Waals surface area contributed by atoms with Gasteiger partial charge in [0, 0.05) is 25.7 Å². The highest BCUT2D eigenvalue weighted by Gasteiger charge is 2.27. The quantitative estimate of drug-likeness (QED) is 0.545. The number of nitrogens with one attached hydrogen (secondary N) is 1. The SMILES string of the molecule is CNC(=O)C1COCCN1C/C=C(/C)C(=O)OC. The summed E-state index contributed by atoms with van der Waals surface area (Å²) in [5.74, 6) is -0.418. The van der Waals surface area contributed by atoms with E-state index in [1.54, 1.807) is 20.0 Å². The van der Waals surface area contributed by atoms with Crippen molar-refractivity contribution in [1.82, 2.24) is 10.2 Å². The van der Waals surface area contributed by atoms with Gasteiger partial charge in [0.2, 0.25) is 5.91 Å². The standard InChI is InChI=1S/C12H20N2O4/c1-9(12(16)17-3)4-5-14-6-7-18-8-10(14)11(15)13-2/h4,10H,5-8H2,1-3H3,(H,13,15)/b9-4-. The van der Waals surface area contributed by atoms with Crippen molar-refractivity contribution in [1.29, 1.82) is 0 Å². The van der Waals surface area contributed by atoms with Gasteiger partial charge in [-0.15, -0.1) is 0 Å². The Hall–Kier alpha value is -1.40. The van der Waals surface area contributed by atoms with Crippen molar-refractivity contribution in [3.8, 4) is 0 Å². The summed E-state index contributed by atoms with van der Waals surface area (Å²) in [7, 11) is 2.95. The van der Waals surface area contributed by atoms with Gasteiger partial charge in [-0.3, -0.25) is 9.69 Å². The van der Waals surface area contributed by atoms with Gasteiger partial charge in [0.25, 0.3) is 0 Å². The first-order chi connectivity index (χ1) is 8.60. The molecule has 1 N–H and O–H groups in total. The first-order valence-corrected chi connectivity index (χ1v) is 5.88. The molecule has 18 heavy (non-hydrogen) atoms. The maximum Gasteiger partial charge on any atom is 0.333 e. The molecular formula is C12H20N2O4. The second-order valence-corrected chi connectivity index (χ2v) is 4.08. The fourth-order valence-corrected chi connectivity index (χ4v) is 1.76. The second-order valence-electron chi connectivity index (χ2n) is 4.08. The van der Waals surface area contributed by atoms with Gasteiger partial charge in [-0.1, -0.05) is 6.08 Å². The second kappa shape index (κ2) is 7.13. The zero-order chi connectivity index (χ0) is 13.5. The van der Waals surface area contributed by atoms with E-state index < -0.39 is 0 Å². The van der Waals surface area contributed by atoms with Gasteiger partial charge >= 0.3 is 5.97 Å². The molecule has 1 rings (SSSR count). The third-order valence-electron chi connectivity index (χ3n) is 2.93. The number of likely N-dealkylation sites (N-methyl/N-ethyl adjacent to an activating group) is 1. The Balaban J connectivity index is 2.62. The Morgan fingerprint density at radius 3 is 2.89 bits per heavy atom. The first kappa shape index (κ1) is 14.7. The zero-order valence-electron chi connectivity index (χ0n) is 11.1. The van der Waals surface area contributed by atoms with E-state index in [9.17, 15) is 9.59 Å². The van der Waals surface area contributed by atoms with Crippen LogP contribution in [0.15, 0.2) is 11.6 Å². The molecule has 1 heterocycles. The normalized spacial score (nSPS) is 21.5. The number of amides is 1. The predicted molar refractivity (Wildman–Crippen MR) is 66.0 cm³/mol. The molecule has 0 spiro atoms. The first-order valence-electron chi connectivity index (χ1n) is 5.88. The molecule has 1 unspecified atom stereocenters. The fourth-order valence-electron chi connectivity index (χ4n) is 1.76. The minimum absolute atomic E-state index is 0.0705. The molecule has 0 bridgehead atoms. The number of rotatable bonds is 4. The molecule has 0 aromatic heterocycles. The van der Waals surface area contributed by atoms with Crippen molar-refractivity contribution in [2.75, 3.05) is 40.5 Å². The lowest BCUT2D eigenvalue weighted by Crippen LogP contribution is -2.53. The van der Waals surface area contributed by atoms with E-state index in [0.29, 0.717) is 31.9 Å². The van der Waals surface area contributed by atoms with Crippen LogP contribution in [-0.2, 0) is 19.1 Å². The van der Waals surface area contributed by atoms with Crippen LogP contribution in [-0.4, -0.2) is 63.3 Å². The van der Waals surface area contributed by atoms with Crippen molar-refractivity contribution >= 4 is 11.9 Å². The Bertz CT molecular complexity index is 341. The van der Waals surface area contributed by atoms with E-state index in [2.05, 4.69) is 10.1 Å². The molecule has 0 aliphatic carbocycles. The number of carbonyl (C=O) groups excluding carboxylic acids is 2. The highest BCUT2D eigenvalue weighted by molar-refractivity contribution is 5.87. The van der Waals surface area contributed by atoms with E-state index in [0.717, 1.165) is 0 Å². The molecule has 1 fully saturated rings. The lowest BCUT2D eigenvalue weighted by molar-refractivity contribution is -0.136. The Kier molecular flexibility index (Phi) is 5.80. The fraction of sp³-hybridized carbons (Fsp3) is 0.667. The summed E-state index contributed by atoms with van der Waals surface area (Å²) in [5, 5.41) is 2.61. The molecular weight excluding hydrogens is 236 g/mol. The monoisotopic (exact) mass is 256 g/mol. The maximum atomic E-state index is 11.7. The van der Waals surface area contributed by atoms with Gasteiger partial charge in [-0.2, -0.15) is 0 Å². The number of morpholine rings is 1. The number of ether oxygens (including phenoxy) is 2. The van der Waals surface area contributed by atoms with E-state index in [-0.39, 0.29) is 17.9 Å². The van der Waals surface area contributed by atoms with Gasteiger partial charge in [0.15, 0.2) is 0 Å². The molecule has 6 nitrogen and oxygen atoms in total. The Morgan fingerprint density at radius 2 is 2.28 bits per heavy atom. The van der Waals surface area contributed by atoms with Crippen LogP contribution in [0.1, 0.15) is 6.92 Å². The van der Waals surface area contributed by atoms with Gasteiger partial charge in [0.05, 0.1) is 20.3 Å². The van der Waals surface area contributed by atoms with Crippen LogP contribution in [0.4, 0.5) is 0 Å². The Morgan fingerprint density at radius 1 is 1.56 bits per heavy atom. The van der Waals surface area contributed by atoms with Gasteiger partial charge in [-0.25, -0.2) is 4.79 Å². The summed E-state index contributed by atoms with van der Waals surface area (Å²) >= 11 is 0. The predicted octanol–water partition coefficient (Wildman–Crippen LogP) is -0.447. The number of esters is 1. The largest absolute Gasteiger partial charge is 0.466 e. The van der Waals surface area contributed by atoms with Crippen molar-refractivity contribution < 1.29 is 19.1 Å². The van der Waals surface area contributed by atoms with Crippen LogP contribution < -0.4 is 5.32 Å². The third-order valence-corrected chi connectivity index (χ3v) is 2.93. The summed E-state index contributed by atoms with van der Waals surface area (Å²) < 4.78 is 9.91. The van der Waals surface area contributed by atoms with Gasteiger partial charge in [0.1, 0.15) is 6.04 Å². The molecule has 1 aliphatic heterocycles. The molecule has 0 radical (unpaired) electrons. The topological polar surface area (TPSA) is 67.9 Å². The summed E-state index contributed by atoms with van der Waals surface area (Å²) in [5.41, 5.74) is 0.541. The van der Waals surface area contributed by atoms with Crippen LogP contribution in [0, 0.1) is 0 Å². The van der Waals surface area contributed by atoms with Crippen LogP contribution in [0.25, 0.3) is 0 Å². The zero-order valence-corrected chi connectivity index (χ0v) is 11.1. The molecule has 1 aliphatic rings. The van der Waals surface area contributed by atoms with Crippen molar-refractivity contribution in [3.05, 3.63) is 11.6 Å². The minimum Gasteiger partial charge on any atom is -0.466 e. The van der Waals surface area contributed by atoms with E-state index >= 15 is 0 Å². The highest BCUT2D eigenvalue weighted by Crippen LogP contribution is 2.08. The van der Waals surface area contributed by atoms with Crippen molar-refractivity contribution in [2.45, 2.75) is 13.0 Å². The molecule has 0 aromatic rings. The summed E-state index contributed by atoms with van der Waals surface area (Å²) in [4.78, 5) is 24.9. The third kappa shape index (κ3) is 3.82. The number of carbonyl (C=O) groups is 2. The van der Waals surface area contributed by atoms with Crippen LogP contribution in [0.2, 0.25) is 0 Å². The molecule has 6 heteroatoms. The smallest absolute Gasteiger partial charge is 0.333 e. The van der Waals surface area contributed by atoms with Crippen LogP contribution >= 0.6 is 0 Å².